The number of amides is 3. The van der Waals surface area contributed by atoms with Gasteiger partial charge in [0, 0.05) is 26.2 Å². The van der Waals surface area contributed by atoms with E-state index >= 15 is 0 Å². The van der Waals surface area contributed by atoms with Crippen LogP contribution >= 0.6 is 0 Å². The highest BCUT2D eigenvalue weighted by Crippen LogP contribution is 2.20. The van der Waals surface area contributed by atoms with Crippen molar-refractivity contribution in [2.24, 2.45) is 0 Å². The zero-order chi connectivity index (χ0) is 17.6. The molecule has 0 bridgehead atoms. The largest absolute Gasteiger partial charge is 0.484 e. The Balaban J connectivity index is 1.43. The molecule has 0 aromatic heterocycles. The van der Waals surface area contributed by atoms with Gasteiger partial charge >= 0.3 is 6.03 Å². The van der Waals surface area contributed by atoms with Gasteiger partial charge in [-0.05, 0) is 30.0 Å². The Kier molecular flexibility index (Phi) is 5.35. The van der Waals surface area contributed by atoms with Gasteiger partial charge in [0.15, 0.2) is 6.61 Å². The van der Waals surface area contributed by atoms with Crippen LogP contribution in [0.5, 0.6) is 5.75 Å². The fourth-order valence-electron chi connectivity index (χ4n) is 2.65. The third-order valence-corrected chi connectivity index (χ3v) is 4.19. The normalized spacial score (nSPS) is 15.0. The minimum atomic E-state index is -0.407. The van der Waals surface area contributed by atoms with Crippen LogP contribution < -0.4 is 15.6 Å². The molecular formula is C18H22N4O3. The van der Waals surface area contributed by atoms with Crippen molar-refractivity contribution < 1.29 is 14.3 Å². The van der Waals surface area contributed by atoms with Crippen molar-refractivity contribution in [2.45, 2.75) is 0 Å². The van der Waals surface area contributed by atoms with Crippen LogP contribution in [-0.4, -0.2) is 61.6 Å². The van der Waals surface area contributed by atoms with Crippen molar-refractivity contribution in [1.82, 2.24) is 20.7 Å². The number of likely N-dealkylation sites (N-methyl/N-ethyl adjacent to an activating group) is 1. The first-order chi connectivity index (χ1) is 12.1. The molecule has 2 N–H and O–H groups in total. The molecule has 1 fully saturated rings. The van der Waals surface area contributed by atoms with Crippen molar-refractivity contribution in [2.75, 3.05) is 39.8 Å². The molecular weight excluding hydrogens is 320 g/mol. The van der Waals surface area contributed by atoms with Gasteiger partial charge in [-0.25, -0.2) is 10.2 Å². The highest BCUT2D eigenvalue weighted by Gasteiger charge is 2.19. The zero-order valence-corrected chi connectivity index (χ0v) is 14.2. The van der Waals surface area contributed by atoms with Crippen LogP contribution in [-0.2, 0) is 4.79 Å². The summed E-state index contributed by atoms with van der Waals surface area (Å²) in [6, 6.07) is 13.3. The molecule has 25 heavy (non-hydrogen) atoms. The van der Waals surface area contributed by atoms with Crippen LogP contribution in [0.3, 0.4) is 0 Å². The van der Waals surface area contributed by atoms with Crippen LogP contribution in [0, 0.1) is 0 Å². The summed E-state index contributed by atoms with van der Waals surface area (Å²) in [5, 5.41) is 2.16. The summed E-state index contributed by atoms with van der Waals surface area (Å²) >= 11 is 0. The number of piperazine rings is 1. The number of rotatable bonds is 3. The van der Waals surface area contributed by atoms with Gasteiger partial charge < -0.3 is 14.5 Å². The lowest BCUT2D eigenvalue weighted by Crippen LogP contribution is -2.55. The molecule has 3 amide bonds. The van der Waals surface area contributed by atoms with E-state index in [1.165, 1.54) is 0 Å². The zero-order valence-electron chi connectivity index (χ0n) is 14.2. The molecule has 0 spiro atoms. The average Bonchev–Trinajstić information content (AvgIpc) is 2.65. The number of urea groups is 1. The van der Waals surface area contributed by atoms with Crippen LogP contribution in [0.25, 0.3) is 10.8 Å². The Morgan fingerprint density at radius 1 is 1.00 bits per heavy atom. The fourth-order valence-corrected chi connectivity index (χ4v) is 2.65. The van der Waals surface area contributed by atoms with E-state index in [0.717, 1.165) is 23.9 Å². The lowest BCUT2D eigenvalue weighted by molar-refractivity contribution is -0.123. The van der Waals surface area contributed by atoms with E-state index in [2.05, 4.69) is 15.8 Å². The van der Waals surface area contributed by atoms with Crippen molar-refractivity contribution in [3.05, 3.63) is 42.5 Å². The molecule has 1 saturated heterocycles. The van der Waals surface area contributed by atoms with E-state index in [9.17, 15) is 9.59 Å². The first kappa shape index (κ1) is 17.0. The number of nitrogens with zero attached hydrogens (tertiary/aromatic N) is 2. The number of hydrogen-bond donors (Lipinski definition) is 2. The number of hydrazine groups is 1. The summed E-state index contributed by atoms with van der Waals surface area (Å²) < 4.78 is 5.48. The van der Waals surface area contributed by atoms with Crippen molar-refractivity contribution >= 4 is 22.7 Å². The van der Waals surface area contributed by atoms with Gasteiger partial charge in [-0.3, -0.25) is 10.2 Å². The first-order valence-corrected chi connectivity index (χ1v) is 8.26. The highest BCUT2D eigenvalue weighted by molar-refractivity contribution is 5.84. The molecule has 0 saturated carbocycles. The Morgan fingerprint density at radius 3 is 2.48 bits per heavy atom. The summed E-state index contributed by atoms with van der Waals surface area (Å²) in [5.74, 6) is 0.204. The number of ether oxygens (including phenoxy) is 1. The number of hydrogen-bond acceptors (Lipinski definition) is 4. The van der Waals surface area contributed by atoms with Gasteiger partial charge in [-0.1, -0.05) is 30.3 Å². The molecule has 3 rings (SSSR count). The summed E-state index contributed by atoms with van der Waals surface area (Å²) in [6.07, 6.45) is 0. The number of carbonyl (C=O) groups is 2. The molecule has 1 aliphatic rings. The maximum atomic E-state index is 12.0. The van der Waals surface area contributed by atoms with Gasteiger partial charge in [0.25, 0.3) is 5.91 Å². The van der Waals surface area contributed by atoms with E-state index in [1.54, 1.807) is 4.90 Å². The molecule has 132 valence electrons. The van der Waals surface area contributed by atoms with Gasteiger partial charge in [0.05, 0.1) is 0 Å². The third kappa shape index (κ3) is 4.60. The number of fused-ring (bicyclic) bond motifs is 1. The molecule has 2 aromatic carbocycles. The molecule has 1 aliphatic heterocycles. The van der Waals surface area contributed by atoms with Gasteiger partial charge in [-0.2, -0.15) is 0 Å². The second-order valence-corrected chi connectivity index (χ2v) is 6.07. The van der Waals surface area contributed by atoms with Crippen LogP contribution in [0.15, 0.2) is 42.5 Å². The minimum Gasteiger partial charge on any atom is -0.484 e. The van der Waals surface area contributed by atoms with E-state index in [4.69, 9.17) is 4.74 Å². The fraction of sp³-hybridized carbons (Fsp3) is 0.333. The lowest BCUT2D eigenvalue weighted by Gasteiger charge is -2.32. The molecule has 7 heteroatoms. The summed E-state index contributed by atoms with van der Waals surface area (Å²) in [4.78, 5) is 27.6. The van der Waals surface area contributed by atoms with Crippen LogP contribution in [0.2, 0.25) is 0 Å². The van der Waals surface area contributed by atoms with Crippen molar-refractivity contribution in [3.8, 4) is 5.75 Å². The van der Waals surface area contributed by atoms with E-state index in [0.29, 0.717) is 18.8 Å². The van der Waals surface area contributed by atoms with E-state index < -0.39 is 5.91 Å². The average molecular weight is 342 g/mol. The molecule has 0 unspecified atom stereocenters. The summed E-state index contributed by atoms with van der Waals surface area (Å²) in [5.41, 5.74) is 4.80. The number of benzene rings is 2. The smallest absolute Gasteiger partial charge is 0.336 e. The molecule has 7 nitrogen and oxygen atoms in total. The second kappa shape index (κ2) is 7.85. The van der Waals surface area contributed by atoms with E-state index in [-0.39, 0.29) is 12.6 Å². The third-order valence-electron chi connectivity index (χ3n) is 4.19. The Labute approximate surface area is 146 Å². The van der Waals surface area contributed by atoms with E-state index in [1.807, 2.05) is 49.5 Å². The molecule has 0 radical (unpaired) electrons. The monoisotopic (exact) mass is 342 g/mol. The Morgan fingerprint density at radius 2 is 1.72 bits per heavy atom. The predicted molar refractivity (Wildman–Crippen MR) is 95.2 cm³/mol. The quantitative estimate of drug-likeness (QED) is 0.822. The summed E-state index contributed by atoms with van der Waals surface area (Å²) in [7, 11) is 2.02. The van der Waals surface area contributed by atoms with Crippen molar-refractivity contribution in [3.63, 3.8) is 0 Å². The number of nitrogens with one attached hydrogen (secondary N) is 2. The highest BCUT2D eigenvalue weighted by atomic mass is 16.5. The van der Waals surface area contributed by atoms with Crippen LogP contribution in [0.1, 0.15) is 0 Å². The lowest BCUT2D eigenvalue weighted by atomic mass is 10.1. The number of carbonyl (C=O) groups excluding carboxylic acids is 2. The summed E-state index contributed by atoms with van der Waals surface area (Å²) in [6.45, 7) is 2.78. The van der Waals surface area contributed by atoms with Gasteiger partial charge in [-0.15, -0.1) is 0 Å². The van der Waals surface area contributed by atoms with Crippen molar-refractivity contribution in [1.29, 1.82) is 0 Å². The van der Waals surface area contributed by atoms with Gasteiger partial charge in [0.2, 0.25) is 0 Å². The maximum absolute atomic E-state index is 12.0. The SMILES string of the molecule is CN1CCN(C(=O)NNC(=O)COc2ccc3ccccc3c2)CC1. The molecule has 2 aromatic rings. The molecule has 0 atom stereocenters. The maximum Gasteiger partial charge on any atom is 0.336 e. The second-order valence-electron chi connectivity index (χ2n) is 6.07. The Bertz CT molecular complexity index is 757. The topological polar surface area (TPSA) is 73.9 Å². The Hall–Kier alpha value is -2.80. The first-order valence-electron chi connectivity index (χ1n) is 8.26. The van der Waals surface area contributed by atoms with Gasteiger partial charge in [0.1, 0.15) is 5.75 Å². The standard InChI is InChI=1S/C18H22N4O3/c1-21-8-10-22(11-9-21)18(24)20-19-17(23)13-25-16-7-6-14-4-2-3-5-15(14)12-16/h2-7,12H,8-11,13H2,1H3,(H,19,23)(H,20,24). The predicted octanol–water partition coefficient (Wildman–Crippen LogP) is 1.21. The molecule has 1 heterocycles. The minimum absolute atomic E-state index is 0.165. The van der Waals surface area contributed by atoms with Crippen LogP contribution in [0.4, 0.5) is 4.79 Å². The molecule has 0 aliphatic carbocycles.